The van der Waals surface area contributed by atoms with Crippen molar-refractivity contribution in [1.29, 1.82) is 0 Å². The van der Waals surface area contributed by atoms with Gasteiger partial charge >= 0.3 is 6.03 Å². The molecule has 1 aromatic rings. The maximum atomic E-state index is 11.5. The summed E-state index contributed by atoms with van der Waals surface area (Å²) in [6, 6.07) is 3.88. The van der Waals surface area contributed by atoms with Gasteiger partial charge in [0.25, 0.3) is 0 Å². The number of rotatable bonds is 3. The lowest BCUT2D eigenvalue weighted by atomic mass is 10.2. The second-order valence-electron chi connectivity index (χ2n) is 3.31. The molecule has 6 heteroatoms. The van der Waals surface area contributed by atoms with Crippen LogP contribution in [0, 0.1) is 0 Å². The molecular formula is C9H11ClN2OS2. The third kappa shape index (κ3) is 2.41. The van der Waals surface area contributed by atoms with E-state index in [2.05, 4.69) is 17.9 Å². The first kappa shape index (κ1) is 11.1. The molecule has 0 spiro atoms. The summed E-state index contributed by atoms with van der Waals surface area (Å²) < 4.78 is 0.756. The number of amides is 2. The van der Waals surface area contributed by atoms with E-state index in [1.54, 1.807) is 4.90 Å². The molecule has 1 aliphatic rings. The molecule has 1 aromatic heterocycles. The predicted octanol–water partition coefficient (Wildman–Crippen LogP) is 2.40. The Morgan fingerprint density at radius 2 is 2.47 bits per heavy atom. The fourth-order valence-electron chi connectivity index (χ4n) is 1.58. The average Bonchev–Trinajstić information content (AvgIpc) is 2.75. The van der Waals surface area contributed by atoms with Gasteiger partial charge in [0.1, 0.15) is 0 Å². The lowest BCUT2D eigenvalue weighted by Crippen LogP contribution is -2.29. The van der Waals surface area contributed by atoms with Crippen LogP contribution in [-0.2, 0) is 0 Å². The van der Waals surface area contributed by atoms with Crippen molar-refractivity contribution in [3.8, 4) is 0 Å². The Kier molecular flexibility index (Phi) is 3.43. The monoisotopic (exact) mass is 262 g/mol. The van der Waals surface area contributed by atoms with Crippen molar-refractivity contribution in [2.45, 2.75) is 6.04 Å². The molecule has 82 valence electrons. The summed E-state index contributed by atoms with van der Waals surface area (Å²) in [6.07, 6.45) is 0. The minimum absolute atomic E-state index is 0.0152. The Labute approximate surface area is 103 Å². The van der Waals surface area contributed by atoms with E-state index in [1.807, 2.05) is 12.1 Å². The van der Waals surface area contributed by atoms with Crippen LogP contribution in [0.4, 0.5) is 4.79 Å². The van der Waals surface area contributed by atoms with Crippen molar-refractivity contribution in [3.63, 3.8) is 0 Å². The number of carbonyl (C=O) groups excluding carboxylic acids is 1. The first-order valence-electron chi connectivity index (χ1n) is 4.62. The highest BCUT2D eigenvalue weighted by Gasteiger charge is 2.29. The molecule has 3 nitrogen and oxygen atoms in total. The van der Waals surface area contributed by atoms with Crippen molar-refractivity contribution in [2.24, 2.45) is 0 Å². The van der Waals surface area contributed by atoms with E-state index in [0.717, 1.165) is 9.21 Å². The molecule has 1 fully saturated rings. The highest BCUT2D eigenvalue weighted by Crippen LogP contribution is 2.29. The molecule has 1 saturated heterocycles. The summed E-state index contributed by atoms with van der Waals surface area (Å²) in [7, 11) is 0. The Hall–Kier alpha value is -0.390. The van der Waals surface area contributed by atoms with Gasteiger partial charge in [0.2, 0.25) is 0 Å². The van der Waals surface area contributed by atoms with Crippen LogP contribution in [0.2, 0.25) is 4.34 Å². The number of urea groups is 1. The van der Waals surface area contributed by atoms with Crippen molar-refractivity contribution in [3.05, 3.63) is 21.3 Å². The van der Waals surface area contributed by atoms with Crippen LogP contribution in [0.1, 0.15) is 10.9 Å². The highest BCUT2D eigenvalue weighted by atomic mass is 35.5. The van der Waals surface area contributed by atoms with Crippen LogP contribution < -0.4 is 5.32 Å². The number of thiophene rings is 1. The first-order chi connectivity index (χ1) is 7.20. The third-order valence-electron chi connectivity index (χ3n) is 2.30. The van der Waals surface area contributed by atoms with Gasteiger partial charge in [-0.25, -0.2) is 4.79 Å². The molecule has 1 unspecified atom stereocenters. The second-order valence-corrected chi connectivity index (χ2v) is 5.51. The van der Waals surface area contributed by atoms with E-state index in [4.69, 9.17) is 11.6 Å². The molecule has 2 amide bonds. The standard InChI is InChI=1S/C9H11ClN2OS2/c10-8-2-1-7(15-8)6-5-12(3-4-14)9(13)11-6/h1-2,6,14H,3-5H2,(H,11,13). The number of hydrogen-bond donors (Lipinski definition) is 2. The predicted molar refractivity (Wildman–Crippen MR) is 66.0 cm³/mol. The molecule has 0 radical (unpaired) electrons. The van der Waals surface area contributed by atoms with Crippen LogP contribution in [0.3, 0.4) is 0 Å². The average molecular weight is 263 g/mol. The summed E-state index contributed by atoms with van der Waals surface area (Å²) in [5.74, 6) is 0.686. The lowest BCUT2D eigenvalue weighted by molar-refractivity contribution is 0.220. The maximum absolute atomic E-state index is 11.5. The number of thiol groups is 1. The second kappa shape index (κ2) is 4.63. The van der Waals surface area contributed by atoms with Crippen LogP contribution in [0.25, 0.3) is 0 Å². The van der Waals surface area contributed by atoms with Crippen molar-refractivity contribution in [2.75, 3.05) is 18.8 Å². The third-order valence-corrected chi connectivity index (χ3v) is 3.84. The Morgan fingerprint density at radius 1 is 1.67 bits per heavy atom. The van der Waals surface area contributed by atoms with Gasteiger partial charge in [0, 0.05) is 23.7 Å². The Bertz CT molecular complexity index is 369. The molecule has 0 aliphatic carbocycles. The zero-order chi connectivity index (χ0) is 10.8. The molecule has 15 heavy (non-hydrogen) atoms. The van der Waals surface area contributed by atoms with Crippen LogP contribution in [-0.4, -0.2) is 29.8 Å². The Morgan fingerprint density at radius 3 is 3.07 bits per heavy atom. The lowest BCUT2D eigenvalue weighted by Gasteiger charge is -2.11. The maximum Gasteiger partial charge on any atom is 0.318 e. The van der Waals surface area contributed by atoms with Gasteiger partial charge in [-0.1, -0.05) is 11.6 Å². The topological polar surface area (TPSA) is 32.3 Å². The van der Waals surface area contributed by atoms with Gasteiger partial charge in [0.15, 0.2) is 0 Å². The molecule has 1 N–H and O–H groups in total. The van der Waals surface area contributed by atoms with Gasteiger partial charge in [-0.15, -0.1) is 11.3 Å². The van der Waals surface area contributed by atoms with Gasteiger partial charge in [0.05, 0.1) is 10.4 Å². The molecule has 1 atom stereocenters. The van der Waals surface area contributed by atoms with Crippen molar-refractivity contribution >= 4 is 41.6 Å². The molecular weight excluding hydrogens is 252 g/mol. The van der Waals surface area contributed by atoms with E-state index in [1.165, 1.54) is 11.3 Å². The van der Waals surface area contributed by atoms with Crippen LogP contribution >= 0.6 is 35.6 Å². The number of nitrogens with one attached hydrogen (secondary N) is 1. The quantitative estimate of drug-likeness (QED) is 0.806. The van der Waals surface area contributed by atoms with Gasteiger partial charge < -0.3 is 10.2 Å². The first-order valence-corrected chi connectivity index (χ1v) is 6.45. The summed E-state index contributed by atoms with van der Waals surface area (Å²) in [4.78, 5) is 14.4. The summed E-state index contributed by atoms with van der Waals surface area (Å²) in [5.41, 5.74) is 0. The van der Waals surface area contributed by atoms with Gasteiger partial charge in [-0.05, 0) is 12.1 Å². The molecule has 0 saturated carbocycles. The smallest absolute Gasteiger partial charge is 0.318 e. The fraction of sp³-hybridized carbons (Fsp3) is 0.444. The van der Waals surface area contributed by atoms with Crippen molar-refractivity contribution < 1.29 is 4.79 Å². The van der Waals surface area contributed by atoms with Gasteiger partial charge in [-0.3, -0.25) is 0 Å². The summed E-state index contributed by atoms with van der Waals surface area (Å²) >= 11 is 11.5. The summed E-state index contributed by atoms with van der Waals surface area (Å²) in [6.45, 7) is 1.39. The van der Waals surface area contributed by atoms with E-state index < -0.39 is 0 Å². The SMILES string of the molecule is O=C1NC(c2ccc(Cl)s2)CN1CCS. The largest absolute Gasteiger partial charge is 0.329 e. The van der Waals surface area contributed by atoms with E-state index in [-0.39, 0.29) is 12.1 Å². The molecule has 0 aromatic carbocycles. The zero-order valence-corrected chi connectivity index (χ0v) is 10.4. The Balaban J connectivity index is 2.05. The normalized spacial score (nSPS) is 20.8. The molecule has 2 heterocycles. The van der Waals surface area contributed by atoms with Gasteiger partial charge in [-0.2, -0.15) is 12.6 Å². The molecule has 1 aliphatic heterocycles. The zero-order valence-electron chi connectivity index (χ0n) is 7.94. The van der Waals surface area contributed by atoms with Crippen molar-refractivity contribution in [1.82, 2.24) is 10.2 Å². The van der Waals surface area contributed by atoms with Crippen LogP contribution in [0.5, 0.6) is 0 Å². The number of nitrogens with zero attached hydrogens (tertiary/aromatic N) is 1. The number of halogens is 1. The minimum Gasteiger partial charge on any atom is -0.329 e. The van der Waals surface area contributed by atoms with E-state index in [0.29, 0.717) is 18.8 Å². The van der Waals surface area contributed by atoms with E-state index in [9.17, 15) is 4.79 Å². The number of carbonyl (C=O) groups is 1. The molecule has 0 bridgehead atoms. The highest BCUT2D eigenvalue weighted by molar-refractivity contribution is 7.80. The fourth-order valence-corrected chi connectivity index (χ4v) is 2.92. The minimum atomic E-state index is -0.0152. The number of hydrogen-bond acceptors (Lipinski definition) is 3. The van der Waals surface area contributed by atoms with E-state index >= 15 is 0 Å². The van der Waals surface area contributed by atoms with Crippen LogP contribution in [0.15, 0.2) is 12.1 Å². The summed E-state index contributed by atoms with van der Waals surface area (Å²) in [5, 5.41) is 2.92. The molecule has 2 rings (SSSR count).